The molecule has 2 atom stereocenters. The third-order valence-electron chi connectivity index (χ3n) is 6.68. The van der Waals surface area contributed by atoms with Gasteiger partial charge in [-0.1, -0.05) is 35.7 Å². The standard InChI is InChI=1S/C24H23ClN4O2/c1-2-6-19(30)24-13-29(12-14(24)7-5-10-27-24)22-17(25)11-16(23(26)31)21-20(22)15-8-3-4-9-18(15)28-21/h3-4,8-9,11,14,27-28H,5,7,10,12-13H2,1H3,(H2,26,31)/t14-,24+/m1/s1. The highest BCUT2D eigenvalue weighted by Gasteiger charge is 2.53. The number of H-pyrrole nitrogens is 1. The predicted octanol–water partition coefficient (Wildman–Crippen LogP) is 3.22. The zero-order chi connectivity index (χ0) is 21.8. The minimum absolute atomic E-state index is 0.0674. The van der Waals surface area contributed by atoms with Crippen molar-refractivity contribution < 1.29 is 9.59 Å². The maximum absolute atomic E-state index is 13.1. The number of halogens is 1. The van der Waals surface area contributed by atoms with Crippen molar-refractivity contribution >= 4 is 50.8 Å². The van der Waals surface area contributed by atoms with Crippen LogP contribution in [0.4, 0.5) is 5.69 Å². The van der Waals surface area contributed by atoms with Gasteiger partial charge in [-0.3, -0.25) is 9.59 Å². The molecule has 1 aromatic heterocycles. The quantitative estimate of drug-likeness (QED) is 0.436. The average molecular weight is 435 g/mol. The fraction of sp³-hybridized carbons (Fsp3) is 0.333. The molecule has 4 N–H and O–H groups in total. The van der Waals surface area contributed by atoms with Crippen molar-refractivity contribution in [1.29, 1.82) is 0 Å². The van der Waals surface area contributed by atoms with Gasteiger partial charge in [0.25, 0.3) is 5.91 Å². The highest BCUT2D eigenvalue weighted by atomic mass is 35.5. The number of aromatic amines is 1. The predicted molar refractivity (Wildman–Crippen MR) is 123 cm³/mol. The van der Waals surface area contributed by atoms with E-state index >= 15 is 0 Å². The molecule has 2 fully saturated rings. The first-order valence-electron chi connectivity index (χ1n) is 10.5. The van der Waals surface area contributed by atoms with Gasteiger partial charge in [-0.15, -0.1) is 0 Å². The van der Waals surface area contributed by atoms with Crippen LogP contribution in [-0.2, 0) is 4.79 Å². The molecule has 0 spiro atoms. The highest BCUT2D eigenvalue weighted by molar-refractivity contribution is 6.37. The van der Waals surface area contributed by atoms with E-state index in [1.807, 2.05) is 24.3 Å². The first-order chi connectivity index (χ1) is 15.0. The number of carbonyl (C=O) groups excluding carboxylic acids is 2. The normalized spacial score (nSPS) is 22.9. The van der Waals surface area contributed by atoms with Crippen molar-refractivity contribution in [3.8, 4) is 11.8 Å². The van der Waals surface area contributed by atoms with Crippen molar-refractivity contribution in [2.45, 2.75) is 25.3 Å². The highest BCUT2D eigenvalue weighted by Crippen LogP contribution is 2.45. The van der Waals surface area contributed by atoms with Gasteiger partial charge in [-0.2, -0.15) is 0 Å². The van der Waals surface area contributed by atoms with Crippen LogP contribution in [0.25, 0.3) is 21.8 Å². The fourth-order valence-electron chi connectivity index (χ4n) is 5.33. The monoisotopic (exact) mass is 434 g/mol. The Labute approximate surface area is 185 Å². The molecule has 31 heavy (non-hydrogen) atoms. The molecule has 2 aromatic carbocycles. The molecule has 3 heterocycles. The molecule has 7 heteroatoms. The number of primary amides is 1. The second kappa shape index (κ2) is 7.30. The lowest BCUT2D eigenvalue weighted by atomic mass is 9.78. The van der Waals surface area contributed by atoms with Gasteiger partial charge in [0, 0.05) is 35.3 Å². The van der Waals surface area contributed by atoms with Crippen LogP contribution in [0.15, 0.2) is 30.3 Å². The Morgan fingerprint density at radius 2 is 2.13 bits per heavy atom. The SMILES string of the molecule is CC#CC(=O)[C@]12CN(c3c(Cl)cc(C(N)=O)c4[nH]c5ccccc5c34)C[C@H]1CCCN2. The number of fused-ring (bicyclic) bond motifs is 4. The average Bonchev–Trinajstić information content (AvgIpc) is 3.33. The molecular weight excluding hydrogens is 412 g/mol. The second-order valence-electron chi connectivity index (χ2n) is 8.36. The second-order valence-corrected chi connectivity index (χ2v) is 8.77. The number of hydrogen-bond acceptors (Lipinski definition) is 4. The van der Waals surface area contributed by atoms with Crippen molar-refractivity contribution in [2.75, 3.05) is 24.5 Å². The Bertz CT molecular complexity index is 1300. The minimum atomic E-state index is -0.703. The Kier molecular flexibility index (Phi) is 4.69. The van der Waals surface area contributed by atoms with Crippen LogP contribution in [0.2, 0.25) is 5.02 Å². The van der Waals surface area contributed by atoms with Crippen LogP contribution in [0.1, 0.15) is 30.1 Å². The van der Waals surface area contributed by atoms with Gasteiger partial charge in [-0.05, 0) is 44.4 Å². The van der Waals surface area contributed by atoms with E-state index in [1.54, 1.807) is 13.0 Å². The number of benzene rings is 2. The molecular formula is C24H23ClN4O2. The van der Waals surface area contributed by atoms with Crippen molar-refractivity contribution in [3.05, 3.63) is 40.9 Å². The Morgan fingerprint density at radius 1 is 1.32 bits per heavy atom. The smallest absolute Gasteiger partial charge is 0.250 e. The number of rotatable bonds is 3. The number of nitrogens with zero attached hydrogens (tertiary/aromatic N) is 1. The molecule has 158 valence electrons. The number of Topliss-reactive ketones (excluding diaryl/α,β-unsaturated/α-hetero) is 1. The topological polar surface area (TPSA) is 91.2 Å². The molecule has 0 aliphatic carbocycles. The third-order valence-corrected chi connectivity index (χ3v) is 6.97. The van der Waals surface area contributed by atoms with Crippen LogP contribution in [-0.4, -0.2) is 41.8 Å². The van der Waals surface area contributed by atoms with E-state index in [1.165, 1.54) is 0 Å². The zero-order valence-electron chi connectivity index (χ0n) is 17.2. The molecule has 6 nitrogen and oxygen atoms in total. The number of nitrogens with one attached hydrogen (secondary N) is 2. The number of ketones is 1. The summed E-state index contributed by atoms with van der Waals surface area (Å²) in [7, 11) is 0. The van der Waals surface area contributed by atoms with Crippen molar-refractivity contribution in [3.63, 3.8) is 0 Å². The summed E-state index contributed by atoms with van der Waals surface area (Å²) >= 11 is 6.78. The Morgan fingerprint density at radius 3 is 2.90 bits per heavy atom. The van der Waals surface area contributed by atoms with Crippen LogP contribution in [0.3, 0.4) is 0 Å². The van der Waals surface area contributed by atoms with Crippen LogP contribution >= 0.6 is 11.6 Å². The molecule has 2 aliphatic heterocycles. The molecule has 0 unspecified atom stereocenters. The molecule has 1 amide bonds. The molecule has 0 bridgehead atoms. The van der Waals surface area contributed by atoms with E-state index < -0.39 is 11.4 Å². The Balaban J connectivity index is 1.73. The van der Waals surface area contributed by atoms with Gasteiger partial charge in [0.05, 0.1) is 21.8 Å². The first-order valence-corrected chi connectivity index (χ1v) is 10.8. The van der Waals surface area contributed by atoms with E-state index in [2.05, 4.69) is 27.0 Å². The van der Waals surface area contributed by atoms with E-state index in [4.69, 9.17) is 17.3 Å². The third kappa shape index (κ3) is 2.92. The number of carbonyl (C=O) groups is 2. The molecule has 3 aromatic rings. The fourth-order valence-corrected chi connectivity index (χ4v) is 5.65. The van der Waals surface area contributed by atoms with Gasteiger partial charge >= 0.3 is 0 Å². The van der Waals surface area contributed by atoms with E-state index in [-0.39, 0.29) is 11.7 Å². The van der Waals surface area contributed by atoms with E-state index in [0.717, 1.165) is 41.4 Å². The largest absolute Gasteiger partial charge is 0.367 e. The van der Waals surface area contributed by atoms with Gasteiger partial charge < -0.3 is 20.9 Å². The maximum Gasteiger partial charge on any atom is 0.250 e. The van der Waals surface area contributed by atoms with Gasteiger partial charge in [0.2, 0.25) is 5.78 Å². The Hall–Kier alpha value is -3.01. The summed E-state index contributed by atoms with van der Waals surface area (Å²) in [5, 5.41) is 5.77. The number of para-hydroxylation sites is 1. The summed E-state index contributed by atoms with van der Waals surface area (Å²) in [5.41, 5.74) is 7.72. The van der Waals surface area contributed by atoms with Gasteiger partial charge in [0.1, 0.15) is 5.54 Å². The molecule has 5 rings (SSSR count). The van der Waals surface area contributed by atoms with E-state index in [0.29, 0.717) is 29.2 Å². The first kappa shape index (κ1) is 19.9. The van der Waals surface area contributed by atoms with Crippen molar-refractivity contribution in [1.82, 2.24) is 10.3 Å². The minimum Gasteiger partial charge on any atom is -0.367 e. The van der Waals surface area contributed by atoms with Crippen LogP contribution < -0.4 is 16.0 Å². The number of aromatic nitrogens is 1. The lowest BCUT2D eigenvalue weighted by molar-refractivity contribution is -0.121. The number of piperidine rings is 1. The summed E-state index contributed by atoms with van der Waals surface area (Å²) in [4.78, 5) is 30.7. The summed E-state index contributed by atoms with van der Waals surface area (Å²) in [6, 6.07) is 9.49. The van der Waals surface area contributed by atoms with Gasteiger partial charge in [0.15, 0.2) is 0 Å². The number of hydrogen-bond donors (Lipinski definition) is 3. The summed E-state index contributed by atoms with van der Waals surface area (Å²) < 4.78 is 0. The maximum atomic E-state index is 13.1. The van der Waals surface area contributed by atoms with Gasteiger partial charge in [-0.25, -0.2) is 0 Å². The zero-order valence-corrected chi connectivity index (χ0v) is 18.0. The number of anilines is 1. The summed E-state index contributed by atoms with van der Waals surface area (Å²) in [5.74, 6) is 5.08. The van der Waals surface area contributed by atoms with Crippen LogP contribution in [0, 0.1) is 17.8 Å². The van der Waals surface area contributed by atoms with E-state index in [9.17, 15) is 9.59 Å². The lowest BCUT2D eigenvalue weighted by Crippen LogP contribution is -2.60. The van der Waals surface area contributed by atoms with Crippen LogP contribution in [0.5, 0.6) is 0 Å². The van der Waals surface area contributed by atoms with Crippen molar-refractivity contribution in [2.24, 2.45) is 11.7 Å². The molecule has 0 radical (unpaired) electrons. The molecule has 2 aliphatic rings. The molecule has 2 saturated heterocycles. The number of nitrogens with two attached hydrogens (primary N) is 1. The summed E-state index contributed by atoms with van der Waals surface area (Å²) in [6.45, 7) is 3.65. The number of amides is 1. The lowest BCUT2D eigenvalue weighted by Gasteiger charge is -2.36. The summed E-state index contributed by atoms with van der Waals surface area (Å²) in [6.07, 6.45) is 1.97. The molecule has 0 saturated carbocycles.